The Kier molecular flexibility index (Phi) is 22.3. The molecule has 0 radical (unpaired) electrons. The van der Waals surface area contributed by atoms with Gasteiger partial charge < -0.3 is 13.7 Å². The van der Waals surface area contributed by atoms with Crippen LogP contribution in [0.2, 0.25) is 0 Å². The Bertz CT molecular complexity index is 1640. The maximum Gasteiger partial charge on any atom is 1.00 e. The molecule has 0 spiro atoms. The van der Waals surface area contributed by atoms with Gasteiger partial charge in [0.2, 0.25) is 0 Å². The van der Waals surface area contributed by atoms with Crippen molar-refractivity contribution in [2.45, 2.75) is 92.2 Å². The van der Waals surface area contributed by atoms with Crippen molar-refractivity contribution in [2.75, 3.05) is 0 Å². The second kappa shape index (κ2) is 21.9. The van der Waals surface area contributed by atoms with Crippen LogP contribution in [0.5, 0.6) is 0 Å². The van der Waals surface area contributed by atoms with Gasteiger partial charge in [0.1, 0.15) is 30.4 Å². The topological polar surface area (TPSA) is 172 Å². The average molecular weight is 737 g/mol. The van der Waals surface area contributed by atoms with Crippen molar-refractivity contribution in [3.63, 3.8) is 0 Å². The number of hydrogen-bond donors (Lipinski definition) is 0. The Morgan fingerprint density at radius 3 is 1.35 bits per heavy atom. The summed E-state index contributed by atoms with van der Waals surface area (Å²) in [7, 11) is -16.5. The number of aryl methyl sites for hydroxylation is 1. The Hall–Kier alpha value is 0.820. The van der Waals surface area contributed by atoms with E-state index in [1.54, 1.807) is 12.1 Å². The predicted molar refractivity (Wildman–Crippen MR) is 165 cm³/mol. The quantitative estimate of drug-likeness (QED) is 0.0575. The molecule has 236 valence electrons. The van der Waals surface area contributed by atoms with Crippen LogP contribution in [-0.2, 0) is 36.8 Å². The van der Waals surface area contributed by atoms with Gasteiger partial charge in [-0.3, -0.25) is 0 Å². The van der Waals surface area contributed by atoms with E-state index >= 15 is 0 Å². The molecule has 46 heavy (non-hydrogen) atoms. The minimum absolute atomic E-state index is 0. The van der Waals surface area contributed by atoms with Crippen molar-refractivity contribution in [1.82, 2.24) is 0 Å². The second-order valence-electron chi connectivity index (χ2n) is 10.4. The summed E-state index contributed by atoms with van der Waals surface area (Å²) in [6.07, 6.45) is 11.4. The van der Waals surface area contributed by atoms with E-state index in [0.717, 1.165) is 49.9 Å². The molecule has 0 heterocycles. The zero-order valence-electron chi connectivity index (χ0n) is 27.0. The van der Waals surface area contributed by atoms with Crippen LogP contribution in [0.4, 0.5) is 0 Å². The zero-order valence-corrected chi connectivity index (χ0v) is 36.3. The molecule has 0 aliphatic heterocycles. The summed E-state index contributed by atoms with van der Waals surface area (Å²) in [4.78, 5) is -1.47. The normalized spacial score (nSPS) is 11.8. The Morgan fingerprint density at radius 1 is 0.522 bits per heavy atom. The molecule has 3 aromatic rings. The maximum atomic E-state index is 12.4. The van der Waals surface area contributed by atoms with E-state index in [4.69, 9.17) is 0 Å². The molecule has 0 unspecified atom stereocenters. The number of rotatable bonds is 17. The number of unbranched alkanes of at least 4 members (excludes halogenated alkanes) is 9. The van der Waals surface area contributed by atoms with Crippen molar-refractivity contribution in [2.24, 2.45) is 0 Å². The van der Waals surface area contributed by atoms with Gasteiger partial charge in [0.05, 0.1) is 14.7 Å². The molecule has 0 aliphatic carbocycles. The first kappa shape index (κ1) is 46.8. The first-order valence-electron chi connectivity index (χ1n) is 14.2. The van der Waals surface area contributed by atoms with Gasteiger partial charge in [0.25, 0.3) is 0 Å². The Morgan fingerprint density at radius 2 is 0.935 bits per heavy atom. The van der Waals surface area contributed by atoms with Crippen LogP contribution in [0.1, 0.15) is 76.7 Å². The van der Waals surface area contributed by atoms with Gasteiger partial charge in [-0.1, -0.05) is 101 Å². The third kappa shape index (κ3) is 15.0. The first-order valence-corrected chi connectivity index (χ1v) is 19.8. The number of hydrogen-bond acceptors (Lipinski definition) is 9. The van der Waals surface area contributed by atoms with Crippen molar-refractivity contribution in [1.29, 1.82) is 0 Å². The second-order valence-corrected chi connectivity index (χ2v) is 16.7. The molecule has 3 aromatic carbocycles. The van der Waals surface area contributed by atoms with Gasteiger partial charge >= 0.3 is 88.7 Å². The Labute approximate surface area is 342 Å². The van der Waals surface area contributed by atoms with Crippen LogP contribution in [0.25, 0.3) is 0 Å². The van der Waals surface area contributed by atoms with Gasteiger partial charge in [-0.25, -0.2) is 25.3 Å². The SMILES string of the molecule is CCCCCCCCCCCCc1ccc(P(c2cccc(S(=O)(=O)[O-])c2)c2cccc(S(=O)(=O)[O-])c2)cc1S(=O)(=O)[O-].[Na+].[Na+].[Na+]. The molecule has 16 heteroatoms. The summed E-state index contributed by atoms with van der Waals surface area (Å²) in [5, 5.41) is 0.866. The zero-order chi connectivity index (χ0) is 31.7. The molecule has 0 saturated carbocycles. The van der Waals surface area contributed by atoms with Crippen molar-refractivity contribution in [3.8, 4) is 0 Å². The molecule has 0 aliphatic rings. The molecule has 3 rings (SSSR count). The third-order valence-corrected chi connectivity index (χ3v) is 12.1. The van der Waals surface area contributed by atoms with Gasteiger partial charge in [0.15, 0.2) is 0 Å². The van der Waals surface area contributed by atoms with Gasteiger partial charge in [0, 0.05) is 0 Å². The van der Waals surface area contributed by atoms with Crippen LogP contribution in [0.3, 0.4) is 0 Å². The largest absolute Gasteiger partial charge is 1.00 e. The number of benzene rings is 3. The maximum absolute atomic E-state index is 12.4. The molecule has 0 saturated heterocycles. The Balaban J connectivity index is 0.00000675. The van der Waals surface area contributed by atoms with Crippen LogP contribution >= 0.6 is 7.92 Å². The fourth-order valence-corrected chi connectivity index (χ4v) is 9.37. The van der Waals surface area contributed by atoms with Crippen molar-refractivity contribution in [3.05, 3.63) is 72.3 Å². The van der Waals surface area contributed by atoms with Crippen LogP contribution in [0.15, 0.2) is 81.4 Å². The average Bonchev–Trinajstić information content (AvgIpc) is 2.93. The third-order valence-electron chi connectivity index (χ3n) is 7.11. The van der Waals surface area contributed by atoms with E-state index in [0.29, 0.717) is 23.7 Å². The minimum atomic E-state index is -4.91. The fourth-order valence-electron chi connectivity index (χ4n) is 4.93. The van der Waals surface area contributed by atoms with E-state index in [9.17, 15) is 38.9 Å². The standard InChI is InChI=1S/C30H39O9PS3.3Na/c1-2-3-4-5-6-7-8-9-10-11-14-24-19-20-27(23-30(24)43(37,38)39)40(25-15-12-17-28(21-25)41(31,32)33)26-16-13-18-29(22-26)42(34,35)36;;;/h12-13,15-23H,2-11,14H2,1H3,(H,31,32,33)(H,34,35,36)(H,37,38,39);;;/q;3*+1/p-3. The van der Waals surface area contributed by atoms with E-state index in [-0.39, 0.29) is 99.3 Å². The molecule has 0 N–H and O–H groups in total. The molecule has 0 bridgehead atoms. The molecule has 9 nitrogen and oxygen atoms in total. The van der Waals surface area contributed by atoms with Crippen LogP contribution in [-0.4, -0.2) is 38.9 Å². The van der Waals surface area contributed by atoms with Gasteiger partial charge in [-0.15, -0.1) is 0 Å². The fraction of sp³-hybridized carbons (Fsp3) is 0.400. The first-order chi connectivity index (χ1) is 20.2. The van der Waals surface area contributed by atoms with E-state index in [2.05, 4.69) is 6.92 Å². The summed E-state index contributed by atoms with van der Waals surface area (Å²) in [5.74, 6) is 0. The molecular formula is C30H36Na3O9PS3. The van der Waals surface area contributed by atoms with Gasteiger partial charge in [-0.2, -0.15) is 0 Å². The van der Waals surface area contributed by atoms with Crippen molar-refractivity contribution < 1.29 is 128 Å². The van der Waals surface area contributed by atoms with E-state index in [1.807, 2.05) is 0 Å². The van der Waals surface area contributed by atoms with Crippen LogP contribution in [0, 0.1) is 0 Å². The van der Waals surface area contributed by atoms with E-state index < -0.39 is 53.0 Å². The summed E-state index contributed by atoms with van der Waals surface area (Å²) in [5.41, 5.74) is 0.361. The monoisotopic (exact) mass is 736 g/mol. The molecule has 0 atom stereocenters. The predicted octanol–water partition coefficient (Wildman–Crippen LogP) is -4.37. The van der Waals surface area contributed by atoms with Gasteiger partial charge in [-0.05, 0) is 72.6 Å². The van der Waals surface area contributed by atoms with Crippen LogP contribution < -0.4 is 105 Å². The smallest absolute Gasteiger partial charge is 0.744 e. The van der Waals surface area contributed by atoms with E-state index in [1.165, 1.54) is 62.4 Å². The summed E-state index contributed by atoms with van der Waals surface area (Å²) in [6, 6.07) is 14.6. The molecule has 0 amide bonds. The summed E-state index contributed by atoms with van der Waals surface area (Å²) >= 11 is 0. The molecule has 0 aromatic heterocycles. The summed E-state index contributed by atoms with van der Waals surface area (Å²) in [6.45, 7) is 2.18. The summed E-state index contributed by atoms with van der Waals surface area (Å²) < 4.78 is 108. The minimum Gasteiger partial charge on any atom is -0.744 e. The molecule has 0 fully saturated rings. The molecular weight excluding hydrogens is 700 g/mol. The van der Waals surface area contributed by atoms with Crippen molar-refractivity contribution >= 4 is 54.2 Å².